The van der Waals surface area contributed by atoms with Gasteiger partial charge in [0, 0.05) is 6.42 Å². The fraction of sp³-hybridized carbons (Fsp3) is 0.889. The van der Waals surface area contributed by atoms with Crippen molar-refractivity contribution in [2.24, 2.45) is 0 Å². The second-order valence-corrected chi connectivity index (χ2v) is 11.0. The van der Waals surface area contributed by atoms with Crippen molar-refractivity contribution >= 4 is 13.7 Å². The summed E-state index contributed by atoms with van der Waals surface area (Å²) in [6.07, 6.45) is 23.8. The van der Waals surface area contributed by atoms with E-state index in [1.165, 1.54) is 77.0 Å². The average Bonchev–Trinajstić information content (AvgIpc) is 2.81. The molecule has 0 aliphatic carbocycles. The van der Waals surface area contributed by atoms with Crippen molar-refractivity contribution in [1.82, 2.24) is 5.32 Å². The average molecular weight is 520 g/mol. The number of unbranched alkanes of at least 4 members (excludes halogenated alkanes) is 16. The summed E-state index contributed by atoms with van der Waals surface area (Å²) in [6, 6.07) is -0.900. The van der Waals surface area contributed by atoms with Crippen LogP contribution in [0.5, 0.6) is 0 Å². The summed E-state index contributed by atoms with van der Waals surface area (Å²) >= 11 is 0. The van der Waals surface area contributed by atoms with Gasteiger partial charge in [-0.1, -0.05) is 122 Å². The Bertz CT molecular complexity index is 566. The number of hydrogen-bond acceptors (Lipinski definition) is 4. The van der Waals surface area contributed by atoms with Crippen LogP contribution in [-0.2, 0) is 13.9 Å². The van der Waals surface area contributed by atoms with Crippen LogP contribution in [-0.4, -0.2) is 39.6 Å². The van der Waals surface area contributed by atoms with Gasteiger partial charge in [0.1, 0.15) is 0 Å². The Morgan fingerprint density at radius 2 is 1.26 bits per heavy atom. The lowest BCUT2D eigenvalue weighted by atomic mass is 10.1. The van der Waals surface area contributed by atoms with E-state index in [4.69, 9.17) is 9.79 Å². The molecule has 0 aliphatic heterocycles. The van der Waals surface area contributed by atoms with E-state index < -0.39 is 26.6 Å². The van der Waals surface area contributed by atoms with E-state index in [9.17, 15) is 14.5 Å². The molecule has 0 aromatic carbocycles. The minimum atomic E-state index is -4.69. The molecule has 0 rings (SSSR count). The molecule has 0 fully saturated rings. The van der Waals surface area contributed by atoms with Crippen LogP contribution in [0.15, 0.2) is 12.2 Å². The normalized spacial score (nSPS) is 13.9. The van der Waals surface area contributed by atoms with Crippen LogP contribution in [0.2, 0.25) is 0 Å². The molecular weight excluding hydrogens is 465 g/mol. The number of amides is 1. The van der Waals surface area contributed by atoms with Crippen molar-refractivity contribution in [3.63, 3.8) is 0 Å². The molecule has 0 bridgehead atoms. The Labute approximate surface area is 214 Å². The molecule has 0 aromatic rings. The molecule has 1 amide bonds. The zero-order chi connectivity index (χ0) is 26.2. The number of aliphatic hydroxyl groups excluding tert-OH is 1. The first-order valence-electron chi connectivity index (χ1n) is 14.1. The zero-order valence-corrected chi connectivity index (χ0v) is 23.4. The maximum atomic E-state index is 12.3. The van der Waals surface area contributed by atoms with E-state index in [-0.39, 0.29) is 5.91 Å². The highest BCUT2D eigenvalue weighted by Crippen LogP contribution is 2.35. The lowest BCUT2D eigenvalue weighted by molar-refractivity contribution is -0.123. The maximum Gasteiger partial charge on any atom is 0.469 e. The molecule has 2 atom stereocenters. The number of hydrogen-bond donors (Lipinski definition) is 4. The molecule has 0 spiro atoms. The van der Waals surface area contributed by atoms with Crippen LogP contribution in [0.3, 0.4) is 0 Å². The summed E-state index contributed by atoms with van der Waals surface area (Å²) < 4.78 is 15.7. The van der Waals surface area contributed by atoms with Crippen LogP contribution in [0, 0.1) is 0 Å². The number of nitrogens with one attached hydrogen (secondary N) is 1. The first-order chi connectivity index (χ1) is 16.8. The molecular formula is C27H54NO6P. The molecule has 0 unspecified atom stereocenters. The minimum Gasteiger partial charge on any atom is -0.387 e. The molecule has 0 radical (unpaired) electrons. The number of phosphoric ester groups is 1. The standard InChI is InChI=1S/C27H54NO6P/c1-3-5-7-9-11-13-14-15-16-18-20-22-26(29)25(24-34-35(31,32)33)28-27(30)23-21-19-17-12-10-8-6-4-2/h20,22,25-26,29H,3-19,21,23-24H2,1-2H3,(H,28,30)(H2,31,32,33)/b22-20+/t25-,26+/m0/s1. The molecule has 35 heavy (non-hydrogen) atoms. The summed E-state index contributed by atoms with van der Waals surface area (Å²) in [5, 5.41) is 13.2. The SMILES string of the molecule is CCCCCCCCCCC/C=C/[C@@H](O)[C@H](COP(=O)(O)O)NC(=O)CCCCCCCCCC. The van der Waals surface area contributed by atoms with E-state index in [0.29, 0.717) is 6.42 Å². The molecule has 4 N–H and O–H groups in total. The highest BCUT2D eigenvalue weighted by molar-refractivity contribution is 7.46. The van der Waals surface area contributed by atoms with Gasteiger partial charge in [0.25, 0.3) is 0 Å². The Hall–Kier alpha value is -0.720. The number of phosphoric acid groups is 1. The van der Waals surface area contributed by atoms with Crippen molar-refractivity contribution in [3.8, 4) is 0 Å². The van der Waals surface area contributed by atoms with Gasteiger partial charge in [0.05, 0.1) is 18.8 Å². The van der Waals surface area contributed by atoms with Gasteiger partial charge >= 0.3 is 7.82 Å². The summed E-state index contributed by atoms with van der Waals surface area (Å²) in [7, 11) is -4.69. The van der Waals surface area contributed by atoms with Gasteiger partial charge in [-0.25, -0.2) is 4.57 Å². The van der Waals surface area contributed by atoms with Gasteiger partial charge in [-0.05, 0) is 19.3 Å². The van der Waals surface area contributed by atoms with E-state index >= 15 is 0 Å². The van der Waals surface area contributed by atoms with Crippen LogP contribution in [0.25, 0.3) is 0 Å². The lowest BCUT2D eigenvalue weighted by Crippen LogP contribution is -2.45. The predicted molar refractivity (Wildman–Crippen MR) is 144 cm³/mol. The summed E-state index contributed by atoms with van der Waals surface area (Å²) in [5.41, 5.74) is 0. The lowest BCUT2D eigenvalue weighted by Gasteiger charge is -2.22. The maximum absolute atomic E-state index is 12.3. The van der Waals surface area contributed by atoms with Gasteiger partial charge in [-0.3, -0.25) is 9.32 Å². The van der Waals surface area contributed by atoms with Crippen LogP contribution < -0.4 is 5.32 Å². The first kappa shape index (κ1) is 34.3. The summed E-state index contributed by atoms with van der Waals surface area (Å²) in [4.78, 5) is 30.3. The molecule has 0 saturated heterocycles. The van der Waals surface area contributed by atoms with Crippen molar-refractivity contribution < 1.29 is 28.8 Å². The third-order valence-electron chi connectivity index (χ3n) is 6.25. The number of aliphatic hydroxyl groups is 1. The van der Waals surface area contributed by atoms with Gasteiger partial charge in [0.2, 0.25) is 5.91 Å². The van der Waals surface area contributed by atoms with Crippen LogP contribution in [0.4, 0.5) is 0 Å². The third-order valence-corrected chi connectivity index (χ3v) is 6.73. The highest BCUT2D eigenvalue weighted by Gasteiger charge is 2.24. The van der Waals surface area contributed by atoms with Gasteiger partial charge in [0.15, 0.2) is 0 Å². The molecule has 0 heterocycles. The minimum absolute atomic E-state index is 0.235. The smallest absolute Gasteiger partial charge is 0.387 e. The summed E-state index contributed by atoms with van der Waals surface area (Å²) in [6.45, 7) is 3.97. The number of rotatable bonds is 25. The topological polar surface area (TPSA) is 116 Å². The van der Waals surface area contributed by atoms with Gasteiger partial charge < -0.3 is 20.2 Å². The van der Waals surface area contributed by atoms with Crippen molar-refractivity contribution in [2.75, 3.05) is 6.61 Å². The number of carbonyl (C=O) groups excluding carboxylic acids is 1. The van der Waals surface area contributed by atoms with Crippen molar-refractivity contribution in [3.05, 3.63) is 12.2 Å². The number of allylic oxidation sites excluding steroid dienone is 1. The first-order valence-corrected chi connectivity index (χ1v) is 15.7. The fourth-order valence-electron chi connectivity index (χ4n) is 4.04. The molecule has 0 saturated carbocycles. The van der Waals surface area contributed by atoms with Crippen LogP contribution in [0.1, 0.15) is 136 Å². The van der Waals surface area contributed by atoms with Crippen molar-refractivity contribution in [2.45, 2.75) is 148 Å². The predicted octanol–water partition coefficient (Wildman–Crippen LogP) is 6.95. The molecule has 7 nitrogen and oxygen atoms in total. The van der Waals surface area contributed by atoms with E-state index in [2.05, 4.69) is 23.7 Å². The number of carbonyl (C=O) groups is 1. The van der Waals surface area contributed by atoms with Crippen LogP contribution >= 0.6 is 7.82 Å². The van der Waals surface area contributed by atoms with E-state index in [1.807, 2.05) is 6.08 Å². The van der Waals surface area contributed by atoms with Gasteiger partial charge in [-0.2, -0.15) is 0 Å². The van der Waals surface area contributed by atoms with Crippen molar-refractivity contribution in [1.29, 1.82) is 0 Å². The Morgan fingerprint density at radius 1 is 0.800 bits per heavy atom. The Kier molecular flexibility index (Phi) is 23.2. The van der Waals surface area contributed by atoms with Gasteiger partial charge in [-0.15, -0.1) is 0 Å². The largest absolute Gasteiger partial charge is 0.469 e. The quantitative estimate of drug-likeness (QED) is 0.0589. The fourth-order valence-corrected chi connectivity index (χ4v) is 4.40. The third kappa shape index (κ3) is 24.7. The Balaban J connectivity index is 4.23. The Morgan fingerprint density at radius 3 is 1.74 bits per heavy atom. The molecule has 0 aliphatic rings. The second-order valence-electron chi connectivity index (χ2n) is 9.72. The molecule has 8 heteroatoms. The zero-order valence-electron chi connectivity index (χ0n) is 22.5. The molecule has 208 valence electrons. The molecule has 0 aromatic heterocycles. The van der Waals surface area contributed by atoms with E-state index in [1.54, 1.807) is 6.08 Å². The van der Waals surface area contributed by atoms with E-state index in [0.717, 1.165) is 38.5 Å². The summed E-state index contributed by atoms with van der Waals surface area (Å²) in [5.74, 6) is -0.235. The monoisotopic (exact) mass is 519 g/mol. The second kappa shape index (κ2) is 23.7. The highest BCUT2D eigenvalue weighted by atomic mass is 31.2.